The Morgan fingerprint density at radius 1 is 1.11 bits per heavy atom. The van der Waals surface area contributed by atoms with E-state index in [9.17, 15) is 4.79 Å². The molecule has 0 radical (unpaired) electrons. The van der Waals surface area contributed by atoms with Crippen LogP contribution in [0.3, 0.4) is 0 Å². The maximum atomic E-state index is 12.3. The quantitative estimate of drug-likeness (QED) is 0.662. The van der Waals surface area contributed by atoms with Crippen LogP contribution in [0.5, 0.6) is 5.75 Å². The molecule has 0 aliphatic heterocycles. The average Bonchev–Trinajstić information content (AvgIpc) is 2.45. The van der Waals surface area contributed by atoms with Crippen LogP contribution < -0.4 is 4.74 Å². The van der Waals surface area contributed by atoms with Gasteiger partial charge in [-0.25, -0.2) is 0 Å². The van der Waals surface area contributed by atoms with Gasteiger partial charge in [0.1, 0.15) is 5.75 Å². The van der Waals surface area contributed by atoms with Crippen LogP contribution in [0.15, 0.2) is 53.4 Å². The number of benzene rings is 2. The molecule has 0 N–H and O–H groups in total. The highest BCUT2D eigenvalue weighted by molar-refractivity contribution is 7.80. The summed E-state index contributed by atoms with van der Waals surface area (Å²) in [5.74, 6) is 0.650. The number of aryl methyl sites for hydroxylation is 1. The van der Waals surface area contributed by atoms with Gasteiger partial charge in [-0.15, -0.1) is 12.6 Å². The predicted octanol–water partition coefficient (Wildman–Crippen LogP) is 3.80. The number of hydrogen-bond donors (Lipinski definition) is 1. The lowest BCUT2D eigenvalue weighted by molar-refractivity contribution is 0.0977. The molecule has 0 amide bonds. The molecular weight excluding hydrogens is 256 g/mol. The molecule has 0 saturated carbocycles. The van der Waals surface area contributed by atoms with Gasteiger partial charge in [0.2, 0.25) is 0 Å². The lowest BCUT2D eigenvalue weighted by Crippen LogP contribution is -2.05. The molecular formula is C16H16O2S. The van der Waals surface area contributed by atoms with Gasteiger partial charge >= 0.3 is 0 Å². The number of carbonyl (C=O) groups excluding carboxylic acids is 1. The van der Waals surface area contributed by atoms with Crippen LogP contribution >= 0.6 is 12.6 Å². The minimum absolute atomic E-state index is 0.0614. The molecule has 98 valence electrons. The van der Waals surface area contributed by atoms with Crippen LogP contribution in [-0.4, -0.2) is 12.9 Å². The molecule has 0 atom stereocenters. The van der Waals surface area contributed by atoms with Crippen molar-refractivity contribution in [3.63, 3.8) is 0 Å². The molecule has 0 aliphatic rings. The summed E-state index contributed by atoms with van der Waals surface area (Å²) in [6.07, 6.45) is 1.18. The molecule has 0 aromatic heterocycles. The van der Waals surface area contributed by atoms with Crippen molar-refractivity contribution in [1.82, 2.24) is 0 Å². The summed E-state index contributed by atoms with van der Waals surface area (Å²) in [6, 6.07) is 15.4. The van der Waals surface area contributed by atoms with Gasteiger partial charge in [-0.2, -0.15) is 0 Å². The number of methoxy groups -OCH3 is 1. The molecule has 0 heterocycles. The monoisotopic (exact) mass is 272 g/mol. The number of hydrogen-bond acceptors (Lipinski definition) is 3. The van der Waals surface area contributed by atoms with E-state index in [0.29, 0.717) is 22.6 Å². The van der Waals surface area contributed by atoms with E-state index in [1.165, 1.54) is 0 Å². The van der Waals surface area contributed by atoms with E-state index in [1.807, 2.05) is 36.4 Å². The van der Waals surface area contributed by atoms with E-state index < -0.39 is 0 Å². The third-order valence-corrected chi connectivity index (χ3v) is 3.36. The molecule has 19 heavy (non-hydrogen) atoms. The van der Waals surface area contributed by atoms with E-state index >= 15 is 0 Å². The Hall–Kier alpha value is -1.74. The third kappa shape index (κ3) is 3.38. The highest BCUT2D eigenvalue weighted by atomic mass is 32.1. The van der Waals surface area contributed by atoms with Gasteiger partial charge in [0.15, 0.2) is 5.78 Å². The number of ether oxygens (including phenoxy) is 1. The Morgan fingerprint density at radius 3 is 2.53 bits per heavy atom. The smallest absolute Gasteiger partial charge is 0.168 e. The van der Waals surface area contributed by atoms with E-state index in [1.54, 1.807) is 19.2 Å². The summed E-state index contributed by atoms with van der Waals surface area (Å²) >= 11 is 4.34. The van der Waals surface area contributed by atoms with Crippen molar-refractivity contribution in [2.75, 3.05) is 7.11 Å². The molecule has 2 rings (SSSR count). The summed E-state index contributed by atoms with van der Waals surface area (Å²) in [4.78, 5) is 13.0. The van der Waals surface area contributed by atoms with Gasteiger partial charge in [-0.1, -0.05) is 36.4 Å². The molecule has 3 heteroatoms. The van der Waals surface area contributed by atoms with Crippen molar-refractivity contribution in [3.05, 3.63) is 59.7 Å². The molecule has 2 aromatic carbocycles. The van der Waals surface area contributed by atoms with Gasteiger partial charge in [-0.3, -0.25) is 4.79 Å². The first-order valence-electron chi connectivity index (χ1n) is 6.15. The van der Waals surface area contributed by atoms with Gasteiger partial charge in [0.05, 0.1) is 12.7 Å². The van der Waals surface area contributed by atoms with E-state index in [0.717, 1.165) is 12.0 Å². The fraction of sp³-hybridized carbons (Fsp3) is 0.188. The number of thiol groups is 1. The van der Waals surface area contributed by atoms with Crippen LogP contribution in [0.2, 0.25) is 0 Å². The second-order valence-corrected chi connectivity index (χ2v) is 4.74. The zero-order valence-electron chi connectivity index (χ0n) is 10.8. The summed E-state index contributed by atoms with van der Waals surface area (Å²) < 4.78 is 5.23. The van der Waals surface area contributed by atoms with Crippen LogP contribution in [0.4, 0.5) is 0 Å². The Labute approximate surface area is 118 Å². The summed E-state index contributed by atoms with van der Waals surface area (Å²) in [6.45, 7) is 0. The predicted molar refractivity (Wildman–Crippen MR) is 79.3 cm³/mol. The minimum atomic E-state index is 0.0614. The lowest BCUT2D eigenvalue weighted by atomic mass is 10.0. The SMILES string of the molecule is COc1cccc(S)c1C(=O)CCc1ccccc1. The zero-order chi connectivity index (χ0) is 13.7. The van der Waals surface area contributed by atoms with Crippen LogP contribution in [0, 0.1) is 0 Å². The van der Waals surface area contributed by atoms with Crippen LogP contribution in [0.1, 0.15) is 22.3 Å². The number of Topliss-reactive ketones (excluding diaryl/α,β-unsaturated/α-hetero) is 1. The molecule has 0 saturated heterocycles. The van der Waals surface area contributed by atoms with Crippen molar-refractivity contribution in [2.24, 2.45) is 0 Å². The maximum absolute atomic E-state index is 12.3. The standard InChI is InChI=1S/C16H16O2S/c1-18-14-8-5-9-15(19)16(14)13(17)11-10-12-6-3-2-4-7-12/h2-9,19H,10-11H2,1H3. The minimum Gasteiger partial charge on any atom is -0.496 e. The summed E-state index contributed by atoms with van der Waals surface area (Å²) in [5.41, 5.74) is 1.73. The number of carbonyl (C=O) groups is 1. The maximum Gasteiger partial charge on any atom is 0.168 e. The van der Waals surface area contributed by atoms with E-state index in [4.69, 9.17) is 4.74 Å². The van der Waals surface area contributed by atoms with Crippen LogP contribution in [0.25, 0.3) is 0 Å². The van der Waals surface area contributed by atoms with Gasteiger partial charge in [0, 0.05) is 11.3 Å². The molecule has 0 bridgehead atoms. The van der Waals surface area contributed by atoms with Gasteiger partial charge in [0.25, 0.3) is 0 Å². The van der Waals surface area contributed by atoms with Crippen molar-refractivity contribution >= 4 is 18.4 Å². The second kappa shape index (κ2) is 6.43. The summed E-state index contributed by atoms with van der Waals surface area (Å²) in [5, 5.41) is 0. The Bertz CT molecular complexity index is 564. The number of ketones is 1. The highest BCUT2D eigenvalue weighted by Crippen LogP contribution is 2.26. The fourth-order valence-corrected chi connectivity index (χ4v) is 2.32. The Kier molecular flexibility index (Phi) is 4.63. The molecule has 0 unspecified atom stereocenters. The third-order valence-electron chi connectivity index (χ3n) is 2.99. The first-order valence-corrected chi connectivity index (χ1v) is 6.60. The summed E-state index contributed by atoms with van der Waals surface area (Å²) in [7, 11) is 1.57. The molecule has 2 aromatic rings. The van der Waals surface area contributed by atoms with Crippen molar-refractivity contribution in [1.29, 1.82) is 0 Å². The topological polar surface area (TPSA) is 26.3 Å². The largest absolute Gasteiger partial charge is 0.496 e. The van der Waals surface area contributed by atoms with Gasteiger partial charge < -0.3 is 4.74 Å². The fourth-order valence-electron chi connectivity index (χ4n) is 2.00. The van der Waals surface area contributed by atoms with Crippen molar-refractivity contribution in [3.8, 4) is 5.75 Å². The first kappa shape index (κ1) is 13.7. The Morgan fingerprint density at radius 2 is 1.84 bits per heavy atom. The van der Waals surface area contributed by atoms with Crippen LogP contribution in [-0.2, 0) is 6.42 Å². The number of rotatable bonds is 5. The lowest BCUT2D eigenvalue weighted by Gasteiger charge is -2.09. The average molecular weight is 272 g/mol. The van der Waals surface area contributed by atoms with Gasteiger partial charge in [-0.05, 0) is 24.1 Å². The van der Waals surface area contributed by atoms with E-state index in [-0.39, 0.29) is 5.78 Å². The molecule has 0 fully saturated rings. The normalized spacial score (nSPS) is 10.2. The zero-order valence-corrected chi connectivity index (χ0v) is 11.7. The van der Waals surface area contributed by atoms with E-state index in [2.05, 4.69) is 12.6 Å². The molecule has 0 aliphatic carbocycles. The molecule has 0 spiro atoms. The first-order chi connectivity index (χ1) is 9.22. The highest BCUT2D eigenvalue weighted by Gasteiger charge is 2.15. The molecule has 2 nitrogen and oxygen atoms in total. The second-order valence-electron chi connectivity index (χ2n) is 4.26. The van der Waals surface area contributed by atoms with Crippen molar-refractivity contribution in [2.45, 2.75) is 17.7 Å². The van der Waals surface area contributed by atoms with Crippen molar-refractivity contribution < 1.29 is 9.53 Å². The Balaban J connectivity index is 2.12.